The zero-order valence-corrected chi connectivity index (χ0v) is 16.2. The number of rotatable bonds is 3. The molecule has 1 aliphatic rings. The zero-order valence-electron chi connectivity index (χ0n) is 12.5. The molecule has 3 rings (SSSR count). The monoisotopic (exact) mass is 476 g/mol. The first-order valence-electron chi connectivity index (χ1n) is 7.24. The Kier molecular flexibility index (Phi) is 5.03. The molecule has 8 heteroatoms. The molecule has 1 heterocycles. The van der Waals surface area contributed by atoms with Crippen LogP contribution in [0.5, 0.6) is 0 Å². The molecule has 0 spiro atoms. The van der Waals surface area contributed by atoms with Gasteiger partial charge in [0.05, 0.1) is 16.5 Å². The average molecular weight is 477 g/mol. The first kappa shape index (κ1) is 17.5. The molecule has 1 saturated heterocycles. The third-order valence-electron chi connectivity index (χ3n) is 3.67. The second-order valence-corrected chi connectivity index (χ2v) is 8.96. The maximum Gasteiger partial charge on any atom is 0.255 e. The number of benzene rings is 2. The van der Waals surface area contributed by atoms with Crippen molar-refractivity contribution in [3.05, 3.63) is 56.6 Å². The van der Waals surface area contributed by atoms with Crippen molar-refractivity contribution in [2.24, 2.45) is 0 Å². The smallest absolute Gasteiger partial charge is 0.255 e. The molecule has 5 nitrogen and oxygen atoms in total. The Hall–Kier alpha value is -1.32. The predicted octanol–water partition coefficient (Wildman–Crippen LogP) is 3.74. The highest BCUT2D eigenvalue weighted by atomic mass is 127. The van der Waals surface area contributed by atoms with Crippen molar-refractivity contribution in [1.29, 1.82) is 0 Å². The molecule has 1 amide bonds. The Morgan fingerprint density at radius 2 is 2.00 bits per heavy atom. The second-order valence-electron chi connectivity index (χ2n) is 5.38. The van der Waals surface area contributed by atoms with Gasteiger partial charge in [-0.3, -0.25) is 9.10 Å². The summed E-state index contributed by atoms with van der Waals surface area (Å²) in [5.41, 5.74) is 1.60. The van der Waals surface area contributed by atoms with E-state index >= 15 is 0 Å². The largest absolute Gasteiger partial charge is 0.322 e. The summed E-state index contributed by atoms with van der Waals surface area (Å²) in [6.45, 7) is 0.467. The SMILES string of the molecule is O=C(Nc1cccc(N2CCCS2(=O)=O)c1)c1ccc(Cl)c(I)c1. The zero-order chi connectivity index (χ0) is 17.3. The minimum absolute atomic E-state index is 0.160. The highest BCUT2D eigenvalue weighted by molar-refractivity contribution is 14.1. The number of carbonyl (C=O) groups excluding carboxylic acids is 1. The fraction of sp³-hybridized carbons (Fsp3) is 0.188. The Morgan fingerprint density at radius 3 is 2.67 bits per heavy atom. The first-order chi connectivity index (χ1) is 11.4. The number of sulfonamides is 1. The molecule has 0 unspecified atom stereocenters. The Balaban J connectivity index is 1.82. The normalized spacial score (nSPS) is 16.2. The summed E-state index contributed by atoms with van der Waals surface area (Å²) in [6, 6.07) is 11.9. The standard InChI is InChI=1S/C16H14ClIN2O3S/c17-14-6-5-11(9-15(14)18)16(21)19-12-3-1-4-13(10-12)20-7-2-8-24(20,22)23/h1,3-6,9-10H,2,7-8H2,(H,19,21). The molecule has 0 aromatic heterocycles. The Labute approximate surface area is 159 Å². The minimum Gasteiger partial charge on any atom is -0.322 e. The lowest BCUT2D eigenvalue weighted by atomic mass is 10.2. The molecule has 126 valence electrons. The molecule has 1 fully saturated rings. The van der Waals surface area contributed by atoms with Crippen LogP contribution in [0.15, 0.2) is 42.5 Å². The minimum atomic E-state index is -3.24. The second kappa shape index (κ2) is 6.89. The summed E-state index contributed by atoms with van der Waals surface area (Å²) in [6.07, 6.45) is 0.613. The number of anilines is 2. The van der Waals surface area contributed by atoms with Gasteiger partial charge in [0.25, 0.3) is 5.91 Å². The molecule has 0 saturated carbocycles. The fourth-order valence-electron chi connectivity index (χ4n) is 2.51. The quantitative estimate of drug-likeness (QED) is 0.687. The van der Waals surface area contributed by atoms with Crippen molar-refractivity contribution >= 4 is 61.5 Å². The molecule has 0 bridgehead atoms. The van der Waals surface area contributed by atoms with Crippen LogP contribution >= 0.6 is 34.2 Å². The molecular weight excluding hydrogens is 463 g/mol. The van der Waals surface area contributed by atoms with E-state index in [2.05, 4.69) is 27.9 Å². The highest BCUT2D eigenvalue weighted by Gasteiger charge is 2.28. The summed E-state index contributed by atoms with van der Waals surface area (Å²) in [7, 11) is -3.24. The third-order valence-corrected chi connectivity index (χ3v) is 7.08. The molecule has 1 N–H and O–H groups in total. The van der Waals surface area contributed by atoms with Crippen molar-refractivity contribution in [3.8, 4) is 0 Å². The van der Waals surface area contributed by atoms with Crippen LogP contribution in [-0.2, 0) is 10.0 Å². The van der Waals surface area contributed by atoms with Gasteiger partial charge < -0.3 is 5.32 Å². The van der Waals surface area contributed by atoms with Gasteiger partial charge in [-0.2, -0.15) is 0 Å². The maximum atomic E-state index is 12.3. The van der Waals surface area contributed by atoms with Gasteiger partial charge in [-0.15, -0.1) is 0 Å². The number of hydrogen-bond donors (Lipinski definition) is 1. The summed E-state index contributed by atoms with van der Waals surface area (Å²) < 4.78 is 26.2. The van der Waals surface area contributed by atoms with Crippen molar-refractivity contribution in [1.82, 2.24) is 0 Å². The molecule has 2 aromatic rings. The number of carbonyl (C=O) groups is 1. The van der Waals surface area contributed by atoms with Crippen LogP contribution in [0, 0.1) is 3.57 Å². The summed E-state index contributed by atoms with van der Waals surface area (Å²) in [4.78, 5) is 12.3. The van der Waals surface area contributed by atoms with Gasteiger partial charge >= 0.3 is 0 Å². The molecule has 0 atom stereocenters. The van der Waals surface area contributed by atoms with Crippen LogP contribution in [0.25, 0.3) is 0 Å². The summed E-state index contributed by atoms with van der Waals surface area (Å²) >= 11 is 8.03. The van der Waals surface area contributed by atoms with Crippen LogP contribution in [0.3, 0.4) is 0 Å². The van der Waals surface area contributed by atoms with Crippen LogP contribution in [0.1, 0.15) is 16.8 Å². The van der Waals surface area contributed by atoms with Crippen molar-refractivity contribution < 1.29 is 13.2 Å². The Bertz CT molecular complexity index is 902. The predicted molar refractivity (Wildman–Crippen MR) is 104 cm³/mol. The summed E-state index contributed by atoms with van der Waals surface area (Å²) in [5.74, 6) is -0.113. The number of nitrogens with one attached hydrogen (secondary N) is 1. The van der Waals surface area contributed by atoms with E-state index in [9.17, 15) is 13.2 Å². The van der Waals surface area contributed by atoms with Gasteiger partial charge in [0.1, 0.15) is 0 Å². The highest BCUT2D eigenvalue weighted by Crippen LogP contribution is 2.27. The van der Waals surface area contributed by atoms with E-state index in [-0.39, 0.29) is 11.7 Å². The van der Waals surface area contributed by atoms with Crippen molar-refractivity contribution in [2.45, 2.75) is 6.42 Å². The van der Waals surface area contributed by atoms with Gasteiger partial charge in [-0.05, 0) is 65.4 Å². The fourth-order valence-corrected chi connectivity index (χ4v) is 4.70. The summed E-state index contributed by atoms with van der Waals surface area (Å²) in [5, 5.41) is 3.38. The van der Waals surface area contributed by atoms with E-state index in [1.54, 1.807) is 42.5 Å². The van der Waals surface area contributed by atoms with E-state index in [0.29, 0.717) is 34.9 Å². The van der Waals surface area contributed by atoms with Gasteiger partial charge in [0.15, 0.2) is 0 Å². The van der Waals surface area contributed by atoms with E-state index in [4.69, 9.17) is 11.6 Å². The van der Waals surface area contributed by atoms with Crippen LogP contribution < -0.4 is 9.62 Å². The van der Waals surface area contributed by atoms with E-state index in [1.165, 1.54) is 4.31 Å². The molecule has 1 aliphatic heterocycles. The van der Waals surface area contributed by atoms with E-state index < -0.39 is 10.0 Å². The van der Waals surface area contributed by atoms with Crippen molar-refractivity contribution in [3.63, 3.8) is 0 Å². The van der Waals surface area contributed by atoms with Crippen LogP contribution in [0.4, 0.5) is 11.4 Å². The number of hydrogen-bond acceptors (Lipinski definition) is 3. The maximum absolute atomic E-state index is 12.3. The number of nitrogens with zero attached hydrogens (tertiary/aromatic N) is 1. The lowest BCUT2D eigenvalue weighted by molar-refractivity contribution is 0.102. The Morgan fingerprint density at radius 1 is 1.21 bits per heavy atom. The number of amides is 1. The average Bonchev–Trinajstić information content (AvgIpc) is 2.89. The lowest BCUT2D eigenvalue weighted by Crippen LogP contribution is -2.25. The third kappa shape index (κ3) is 3.68. The lowest BCUT2D eigenvalue weighted by Gasteiger charge is -2.17. The van der Waals surface area contributed by atoms with E-state index in [1.807, 2.05) is 0 Å². The molecule has 0 radical (unpaired) electrons. The van der Waals surface area contributed by atoms with Gasteiger partial charge in [-0.1, -0.05) is 17.7 Å². The van der Waals surface area contributed by atoms with E-state index in [0.717, 1.165) is 3.57 Å². The van der Waals surface area contributed by atoms with Crippen LogP contribution in [0.2, 0.25) is 5.02 Å². The van der Waals surface area contributed by atoms with Crippen molar-refractivity contribution in [2.75, 3.05) is 21.9 Å². The van der Waals surface area contributed by atoms with Gasteiger partial charge in [0.2, 0.25) is 10.0 Å². The molecular formula is C16H14ClIN2O3S. The van der Waals surface area contributed by atoms with Crippen LogP contribution in [-0.4, -0.2) is 26.6 Å². The molecule has 2 aromatic carbocycles. The number of halogens is 2. The molecule has 0 aliphatic carbocycles. The first-order valence-corrected chi connectivity index (χ1v) is 10.3. The van der Waals surface area contributed by atoms with Gasteiger partial charge in [-0.25, -0.2) is 8.42 Å². The topological polar surface area (TPSA) is 66.5 Å². The molecule has 24 heavy (non-hydrogen) atoms. The van der Waals surface area contributed by atoms with Gasteiger partial charge in [0, 0.05) is 21.4 Å².